The molecule has 0 saturated carbocycles. The molecule has 0 unspecified atom stereocenters. The molecule has 1 aromatic carbocycles. The molecule has 1 aromatic rings. The number of sulfonamides is 1. The van der Waals surface area contributed by atoms with E-state index in [0.29, 0.717) is 37.4 Å². The lowest BCUT2D eigenvalue weighted by Crippen LogP contribution is -2.50. The van der Waals surface area contributed by atoms with Gasteiger partial charge in [0.25, 0.3) is 0 Å². The number of amides is 1. The lowest BCUT2D eigenvalue weighted by molar-refractivity contribution is -0.117. The van der Waals surface area contributed by atoms with Gasteiger partial charge in [-0.2, -0.15) is 9.57 Å². The van der Waals surface area contributed by atoms with Crippen LogP contribution >= 0.6 is 0 Å². The summed E-state index contributed by atoms with van der Waals surface area (Å²) in [4.78, 5) is 13.9. The topological polar surface area (TPSA) is 93.5 Å². The van der Waals surface area contributed by atoms with Crippen LogP contribution in [0.15, 0.2) is 24.3 Å². The predicted octanol–water partition coefficient (Wildman–Crippen LogP) is 0.0740. The number of rotatable bonds is 4. The van der Waals surface area contributed by atoms with Crippen molar-refractivity contribution < 1.29 is 13.2 Å². The van der Waals surface area contributed by atoms with Crippen LogP contribution in [0, 0.1) is 11.3 Å². The third-order valence-electron chi connectivity index (χ3n) is 3.44. The van der Waals surface area contributed by atoms with E-state index in [4.69, 9.17) is 5.26 Å². The number of nitriles is 1. The van der Waals surface area contributed by atoms with Crippen molar-refractivity contribution in [3.8, 4) is 6.07 Å². The maximum absolute atomic E-state index is 12.0. The van der Waals surface area contributed by atoms with Gasteiger partial charge in [-0.15, -0.1) is 0 Å². The van der Waals surface area contributed by atoms with Gasteiger partial charge in [0.15, 0.2) is 0 Å². The normalized spacial score (nSPS) is 16.9. The number of anilines is 1. The van der Waals surface area contributed by atoms with Crippen LogP contribution in [0.5, 0.6) is 0 Å². The van der Waals surface area contributed by atoms with E-state index in [1.807, 2.05) is 11.0 Å². The molecule has 1 fully saturated rings. The van der Waals surface area contributed by atoms with Gasteiger partial charge in [-0.3, -0.25) is 9.69 Å². The fraction of sp³-hybridized carbons (Fsp3) is 0.429. The Bertz CT molecular complexity index is 688. The number of nitrogens with zero attached hydrogens (tertiary/aromatic N) is 3. The second-order valence-corrected chi connectivity index (χ2v) is 7.16. The highest BCUT2D eigenvalue weighted by Crippen LogP contribution is 2.10. The third kappa shape index (κ3) is 4.53. The Hall–Kier alpha value is -1.95. The molecule has 1 aliphatic rings. The van der Waals surface area contributed by atoms with Gasteiger partial charge in [-0.1, -0.05) is 6.07 Å². The molecule has 118 valence electrons. The van der Waals surface area contributed by atoms with Crippen LogP contribution in [-0.4, -0.2) is 62.5 Å². The van der Waals surface area contributed by atoms with Crippen molar-refractivity contribution in [1.29, 1.82) is 5.26 Å². The van der Waals surface area contributed by atoms with Crippen molar-refractivity contribution >= 4 is 21.6 Å². The van der Waals surface area contributed by atoms with Gasteiger partial charge in [0.05, 0.1) is 24.4 Å². The molecule has 1 heterocycles. The van der Waals surface area contributed by atoms with Gasteiger partial charge >= 0.3 is 0 Å². The number of carbonyl (C=O) groups excluding carboxylic acids is 1. The first-order chi connectivity index (χ1) is 10.4. The van der Waals surface area contributed by atoms with E-state index in [1.165, 1.54) is 10.6 Å². The Kier molecular flexibility index (Phi) is 5.13. The molecule has 2 rings (SSSR count). The number of hydrogen-bond donors (Lipinski definition) is 1. The van der Waals surface area contributed by atoms with E-state index in [2.05, 4.69) is 5.32 Å². The second-order valence-electron chi connectivity index (χ2n) is 5.18. The van der Waals surface area contributed by atoms with Crippen molar-refractivity contribution in [1.82, 2.24) is 9.21 Å². The quantitative estimate of drug-likeness (QED) is 0.847. The van der Waals surface area contributed by atoms with Crippen LogP contribution in [0.4, 0.5) is 5.69 Å². The zero-order chi connectivity index (χ0) is 16.2. The number of hydrogen-bond acceptors (Lipinski definition) is 5. The third-order valence-corrected chi connectivity index (χ3v) is 4.75. The zero-order valence-electron chi connectivity index (χ0n) is 12.3. The van der Waals surface area contributed by atoms with Gasteiger partial charge in [-0.25, -0.2) is 8.42 Å². The number of nitrogens with one attached hydrogen (secondary N) is 1. The summed E-state index contributed by atoms with van der Waals surface area (Å²) in [5, 5.41) is 11.6. The standard InChI is InChI=1S/C14H18N4O3S/c1-22(20,21)18-7-5-17(6-8-18)11-14(19)16-13-4-2-3-12(9-13)10-15/h2-4,9H,5-8,11H2,1H3,(H,16,19). The van der Waals surface area contributed by atoms with E-state index in [9.17, 15) is 13.2 Å². The molecule has 1 N–H and O–H groups in total. The number of benzene rings is 1. The zero-order valence-corrected chi connectivity index (χ0v) is 13.1. The lowest BCUT2D eigenvalue weighted by Gasteiger charge is -2.32. The molecule has 7 nitrogen and oxygen atoms in total. The van der Waals surface area contributed by atoms with Gasteiger partial charge in [0.2, 0.25) is 15.9 Å². The smallest absolute Gasteiger partial charge is 0.238 e. The van der Waals surface area contributed by atoms with Crippen LogP contribution in [-0.2, 0) is 14.8 Å². The first-order valence-electron chi connectivity index (χ1n) is 6.86. The summed E-state index contributed by atoms with van der Waals surface area (Å²) in [5.41, 5.74) is 1.07. The molecule has 22 heavy (non-hydrogen) atoms. The SMILES string of the molecule is CS(=O)(=O)N1CCN(CC(=O)Nc2cccc(C#N)c2)CC1. The first kappa shape index (κ1) is 16.4. The Morgan fingerprint density at radius 3 is 2.59 bits per heavy atom. The summed E-state index contributed by atoms with van der Waals surface area (Å²) in [7, 11) is -3.16. The largest absolute Gasteiger partial charge is 0.325 e. The van der Waals surface area contributed by atoms with Crippen molar-refractivity contribution in [2.24, 2.45) is 0 Å². The average molecular weight is 322 g/mol. The number of carbonyl (C=O) groups is 1. The van der Waals surface area contributed by atoms with Crippen LogP contribution in [0.25, 0.3) is 0 Å². The molecule has 0 bridgehead atoms. The van der Waals surface area contributed by atoms with Crippen molar-refractivity contribution in [2.45, 2.75) is 0 Å². The molecule has 0 aliphatic carbocycles. The minimum atomic E-state index is -3.16. The van der Waals surface area contributed by atoms with Gasteiger partial charge < -0.3 is 5.32 Å². The highest BCUT2D eigenvalue weighted by Gasteiger charge is 2.24. The summed E-state index contributed by atoms with van der Waals surface area (Å²) < 4.78 is 24.3. The molecule has 0 atom stereocenters. The van der Waals surface area contributed by atoms with E-state index < -0.39 is 10.0 Å². The maximum atomic E-state index is 12.0. The maximum Gasteiger partial charge on any atom is 0.238 e. The summed E-state index contributed by atoms with van der Waals surface area (Å²) in [6.07, 6.45) is 1.19. The molecule has 8 heteroatoms. The molecule has 0 radical (unpaired) electrons. The van der Waals surface area contributed by atoms with E-state index in [0.717, 1.165) is 0 Å². The Morgan fingerprint density at radius 2 is 2.00 bits per heavy atom. The minimum absolute atomic E-state index is 0.178. The lowest BCUT2D eigenvalue weighted by atomic mass is 10.2. The monoisotopic (exact) mass is 322 g/mol. The van der Waals surface area contributed by atoms with Crippen LogP contribution in [0.3, 0.4) is 0 Å². The summed E-state index contributed by atoms with van der Waals surface area (Å²) in [6.45, 7) is 2.05. The van der Waals surface area contributed by atoms with Gasteiger partial charge in [0.1, 0.15) is 0 Å². The van der Waals surface area contributed by atoms with Crippen LogP contribution < -0.4 is 5.32 Å². The average Bonchev–Trinajstić information content (AvgIpc) is 2.47. The summed E-state index contributed by atoms with van der Waals surface area (Å²) in [5.74, 6) is -0.178. The summed E-state index contributed by atoms with van der Waals surface area (Å²) >= 11 is 0. The van der Waals surface area contributed by atoms with Crippen molar-refractivity contribution in [3.05, 3.63) is 29.8 Å². The Labute approximate surface area is 130 Å². The second kappa shape index (κ2) is 6.87. The molecule has 0 aromatic heterocycles. The van der Waals surface area contributed by atoms with E-state index in [-0.39, 0.29) is 12.5 Å². The van der Waals surface area contributed by atoms with Gasteiger partial charge in [0, 0.05) is 31.9 Å². The minimum Gasteiger partial charge on any atom is -0.325 e. The van der Waals surface area contributed by atoms with Crippen molar-refractivity contribution in [2.75, 3.05) is 44.3 Å². The summed E-state index contributed by atoms with van der Waals surface area (Å²) in [6, 6.07) is 8.72. The Morgan fingerprint density at radius 1 is 1.32 bits per heavy atom. The van der Waals surface area contributed by atoms with Crippen molar-refractivity contribution in [3.63, 3.8) is 0 Å². The molecular weight excluding hydrogens is 304 g/mol. The Balaban J connectivity index is 1.85. The fourth-order valence-electron chi connectivity index (χ4n) is 2.29. The highest BCUT2D eigenvalue weighted by atomic mass is 32.2. The van der Waals surface area contributed by atoms with E-state index in [1.54, 1.807) is 24.3 Å². The highest BCUT2D eigenvalue weighted by molar-refractivity contribution is 7.88. The molecule has 1 amide bonds. The number of piperazine rings is 1. The molecule has 1 aliphatic heterocycles. The van der Waals surface area contributed by atoms with Gasteiger partial charge in [-0.05, 0) is 18.2 Å². The van der Waals surface area contributed by atoms with Crippen LogP contribution in [0.1, 0.15) is 5.56 Å². The molecule has 0 spiro atoms. The fourth-order valence-corrected chi connectivity index (χ4v) is 3.12. The molecular formula is C14H18N4O3S. The predicted molar refractivity (Wildman–Crippen MR) is 82.6 cm³/mol. The van der Waals surface area contributed by atoms with Crippen LogP contribution in [0.2, 0.25) is 0 Å². The van der Waals surface area contributed by atoms with E-state index >= 15 is 0 Å². The first-order valence-corrected chi connectivity index (χ1v) is 8.71. The molecule has 1 saturated heterocycles.